The molecule has 1 unspecified atom stereocenters. The minimum Gasteiger partial charge on any atom is -0.366 e. The highest BCUT2D eigenvalue weighted by Crippen LogP contribution is 2.19. The molecular formula is C12H21N3O2S. The zero-order chi connectivity index (χ0) is 13.0. The number of aromatic amines is 1. The van der Waals surface area contributed by atoms with Crippen LogP contribution in [0, 0.1) is 5.92 Å². The molecule has 0 radical (unpaired) electrons. The summed E-state index contributed by atoms with van der Waals surface area (Å²) in [6, 6.07) is 1.61. The molecule has 0 saturated carbocycles. The van der Waals surface area contributed by atoms with Crippen LogP contribution in [0.3, 0.4) is 0 Å². The molecule has 1 aliphatic rings. The number of aromatic nitrogens is 1. The molecule has 1 atom stereocenters. The van der Waals surface area contributed by atoms with Crippen molar-refractivity contribution in [1.82, 2.24) is 14.6 Å². The minimum atomic E-state index is -3.33. The van der Waals surface area contributed by atoms with E-state index in [0.29, 0.717) is 23.9 Å². The summed E-state index contributed by atoms with van der Waals surface area (Å²) in [5.74, 6) is 0.424. The molecule has 18 heavy (non-hydrogen) atoms. The summed E-state index contributed by atoms with van der Waals surface area (Å²) in [5.41, 5.74) is 0. The van der Waals surface area contributed by atoms with Crippen molar-refractivity contribution in [2.24, 2.45) is 5.92 Å². The lowest BCUT2D eigenvalue weighted by Gasteiger charge is -2.28. The van der Waals surface area contributed by atoms with Gasteiger partial charge in [-0.1, -0.05) is 6.92 Å². The molecule has 2 rings (SSSR count). The zero-order valence-electron chi connectivity index (χ0n) is 10.7. The standard InChI is InChI=1S/C12H21N3O2S/c1-2-15(10-11-4-3-6-13-8-11)18(16,17)12-5-7-14-9-12/h5,7,9,11,13-14H,2-4,6,8,10H2,1H3. The van der Waals surface area contributed by atoms with Crippen molar-refractivity contribution >= 4 is 10.0 Å². The monoisotopic (exact) mass is 271 g/mol. The van der Waals surface area contributed by atoms with E-state index in [2.05, 4.69) is 10.3 Å². The second kappa shape index (κ2) is 5.86. The highest BCUT2D eigenvalue weighted by molar-refractivity contribution is 7.89. The predicted octanol–water partition coefficient (Wildman–Crippen LogP) is 1.02. The van der Waals surface area contributed by atoms with Crippen molar-refractivity contribution in [3.8, 4) is 0 Å². The lowest BCUT2D eigenvalue weighted by molar-refractivity contribution is 0.298. The van der Waals surface area contributed by atoms with E-state index in [1.807, 2.05) is 6.92 Å². The molecule has 2 heterocycles. The SMILES string of the molecule is CCN(CC1CCCNC1)S(=O)(=O)c1cc[nH]c1. The van der Waals surface area contributed by atoms with Gasteiger partial charge in [0, 0.05) is 25.5 Å². The van der Waals surface area contributed by atoms with Gasteiger partial charge >= 0.3 is 0 Å². The highest BCUT2D eigenvalue weighted by Gasteiger charge is 2.26. The summed E-state index contributed by atoms with van der Waals surface area (Å²) in [6.07, 6.45) is 5.42. The molecule has 0 aliphatic carbocycles. The number of H-pyrrole nitrogens is 1. The molecule has 1 aromatic rings. The van der Waals surface area contributed by atoms with Crippen LogP contribution >= 0.6 is 0 Å². The quantitative estimate of drug-likeness (QED) is 0.840. The average molecular weight is 271 g/mol. The smallest absolute Gasteiger partial charge is 0.244 e. The first-order chi connectivity index (χ1) is 8.64. The fourth-order valence-electron chi connectivity index (χ4n) is 2.38. The normalized spacial score (nSPS) is 21.3. The molecule has 0 bridgehead atoms. The first kappa shape index (κ1) is 13.6. The van der Waals surface area contributed by atoms with Crippen LogP contribution in [0.2, 0.25) is 0 Å². The van der Waals surface area contributed by atoms with E-state index in [0.717, 1.165) is 25.9 Å². The summed E-state index contributed by atoms with van der Waals surface area (Å²) >= 11 is 0. The minimum absolute atomic E-state index is 0.355. The van der Waals surface area contributed by atoms with Crippen molar-refractivity contribution in [3.63, 3.8) is 0 Å². The van der Waals surface area contributed by atoms with Gasteiger partial charge in [0.2, 0.25) is 10.0 Å². The second-order valence-corrected chi connectivity index (χ2v) is 6.65. The molecule has 5 nitrogen and oxygen atoms in total. The molecule has 0 amide bonds. The molecule has 1 aliphatic heterocycles. The maximum Gasteiger partial charge on any atom is 0.244 e. The number of hydrogen-bond acceptors (Lipinski definition) is 3. The van der Waals surface area contributed by atoms with Crippen LogP contribution in [-0.4, -0.2) is 43.9 Å². The number of piperidine rings is 1. The third-order valence-corrected chi connectivity index (χ3v) is 5.36. The van der Waals surface area contributed by atoms with Gasteiger partial charge in [-0.15, -0.1) is 0 Å². The van der Waals surface area contributed by atoms with Gasteiger partial charge in [0.05, 0.1) is 4.90 Å². The Hall–Kier alpha value is -0.850. The number of rotatable bonds is 5. The van der Waals surface area contributed by atoms with Gasteiger partial charge in [-0.25, -0.2) is 8.42 Å². The molecule has 6 heteroatoms. The van der Waals surface area contributed by atoms with Gasteiger partial charge in [0.1, 0.15) is 0 Å². The maximum absolute atomic E-state index is 12.4. The van der Waals surface area contributed by atoms with Crippen LogP contribution in [0.4, 0.5) is 0 Å². The molecule has 2 N–H and O–H groups in total. The first-order valence-corrected chi connectivity index (χ1v) is 7.92. The summed E-state index contributed by atoms with van der Waals surface area (Å²) in [5, 5.41) is 3.32. The predicted molar refractivity (Wildman–Crippen MR) is 70.8 cm³/mol. The molecule has 0 spiro atoms. The summed E-state index contributed by atoms with van der Waals surface area (Å²) in [4.78, 5) is 3.16. The van der Waals surface area contributed by atoms with Crippen LogP contribution < -0.4 is 5.32 Å². The fourth-order valence-corrected chi connectivity index (χ4v) is 3.89. The topological polar surface area (TPSA) is 65.2 Å². The van der Waals surface area contributed by atoms with E-state index in [-0.39, 0.29) is 0 Å². The van der Waals surface area contributed by atoms with Crippen LogP contribution in [0.15, 0.2) is 23.4 Å². The molecular weight excluding hydrogens is 250 g/mol. The Balaban J connectivity index is 2.08. The van der Waals surface area contributed by atoms with Crippen molar-refractivity contribution < 1.29 is 8.42 Å². The van der Waals surface area contributed by atoms with Gasteiger partial charge in [-0.2, -0.15) is 4.31 Å². The van der Waals surface area contributed by atoms with E-state index in [1.165, 1.54) is 6.20 Å². The molecule has 102 valence electrons. The summed E-state index contributed by atoms with van der Waals surface area (Å²) in [7, 11) is -3.33. The third-order valence-electron chi connectivity index (χ3n) is 3.42. The van der Waals surface area contributed by atoms with Crippen LogP contribution in [-0.2, 0) is 10.0 Å². The lowest BCUT2D eigenvalue weighted by Crippen LogP contribution is -2.40. The Morgan fingerprint density at radius 3 is 2.89 bits per heavy atom. The molecule has 0 aromatic carbocycles. The first-order valence-electron chi connectivity index (χ1n) is 6.48. The van der Waals surface area contributed by atoms with Gasteiger partial charge in [-0.3, -0.25) is 0 Å². The largest absolute Gasteiger partial charge is 0.366 e. The van der Waals surface area contributed by atoms with Crippen molar-refractivity contribution in [2.75, 3.05) is 26.2 Å². The molecule has 1 aromatic heterocycles. The Labute approximate surface area is 109 Å². The Bertz CT molecular complexity index is 450. The van der Waals surface area contributed by atoms with Gasteiger partial charge in [0.15, 0.2) is 0 Å². The number of sulfonamides is 1. The average Bonchev–Trinajstić information content (AvgIpc) is 2.91. The third kappa shape index (κ3) is 2.93. The Morgan fingerprint density at radius 2 is 2.33 bits per heavy atom. The second-order valence-electron chi connectivity index (χ2n) is 4.71. The zero-order valence-corrected chi connectivity index (χ0v) is 11.5. The summed E-state index contributed by atoms with van der Waals surface area (Å²) in [6.45, 7) is 4.98. The molecule has 1 fully saturated rings. The fraction of sp³-hybridized carbons (Fsp3) is 0.667. The van der Waals surface area contributed by atoms with E-state index in [4.69, 9.17) is 0 Å². The maximum atomic E-state index is 12.4. The van der Waals surface area contributed by atoms with Crippen molar-refractivity contribution in [2.45, 2.75) is 24.7 Å². The van der Waals surface area contributed by atoms with E-state index in [1.54, 1.807) is 16.6 Å². The van der Waals surface area contributed by atoms with Gasteiger partial charge in [-0.05, 0) is 37.9 Å². The Kier molecular flexibility index (Phi) is 4.42. The highest BCUT2D eigenvalue weighted by atomic mass is 32.2. The van der Waals surface area contributed by atoms with E-state index < -0.39 is 10.0 Å². The van der Waals surface area contributed by atoms with Gasteiger partial charge < -0.3 is 10.3 Å². The van der Waals surface area contributed by atoms with Crippen LogP contribution in [0.1, 0.15) is 19.8 Å². The van der Waals surface area contributed by atoms with Crippen LogP contribution in [0.25, 0.3) is 0 Å². The number of nitrogens with zero attached hydrogens (tertiary/aromatic N) is 1. The van der Waals surface area contributed by atoms with Crippen LogP contribution in [0.5, 0.6) is 0 Å². The van der Waals surface area contributed by atoms with Crippen molar-refractivity contribution in [1.29, 1.82) is 0 Å². The van der Waals surface area contributed by atoms with E-state index >= 15 is 0 Å². The van der Waals surface area contributed by atoms with Crippen molar-refractivity contribution in [3.05, 3.63) is 18.5 Å². The summed E-state index contributed by atoms with van der Waals surface area (Å²) < 4.78 is 26.3. The van der Waals surface area contributed by atoms with Gasteiger partial charge in [0.25, 0.3) is 0 Å². The lowest BCUT2D eigenvalue weighted by atomic mass is 10.00. The number of hydrogen-bond donors (Lipinski definition) is 2. The van der Waals surface area contributed by atoms with E-state index in [9.17, 15) is 8.42 Å². The number of nitrogens with one attached hydrogen (secondary N) is 2. The molecule has 1 saturated heterocycles. The Morgan fingerprint density at radius 1 is 1.50 bits per heavy atom.